The summed E-state index contributed by atoms with van der Waals surface area (Å²) in [5.41, 5.74) is -0.0671. The average Bonchev–Trinajstić information content (AvgIpc) is 2.56. The van der Waals surface area contributed by atoms with Crippen LogP contribution in [-0.2, 0) is 9.59 Å². The van der Waals surface area contributed by atoms with Crippen molar-refractivity contribution in [2.75, 3.05) is 0 Å². The standard InChI is InChI=1S/C7H6O3.2C6H8O2/c8-6-4-2-1-3-5(6)7(9)10;2*1-2-3-4-5-6(7)8/h1-4,8H,(H,9,10);2*2-5H,1H3,(H,7,8). The Labute approximate surface area is 151 Å². The van der Waals surface area contributed by atoms with Crippen LogP contribution < -0.4 is 0 Å². The summed E-state index contributed by atoms with van der Waals surface area (Å²) in [5.74, 6) is -3.14. The number of carbonyl (C=O) groups is 3. The fourth-order valence-corrected chi connectivity index (χ4v) is 1.15. The summed E-state index contributed by atoms with van der Waals surface area (Å²) >= 11 is 0. The average molecular weight is 362 g/mol. The maximum atomic E-state index is 10.3. The van der Waals surface area contributed by atoms with E-state index in [1.165, 1.54) is 24.3 Å². The summed E-state index contributed by atoms with van der Waals surface area (Å²) in [5, 5.41) is 33.3. The van der Waals surface area contributed by atoms with E-state index in [-0.39, 0.29) is 11.3 Å². The molecule has 0 aliphatic rings. The molecule has 0 aliphatic carbocycles. The molecule has 4 N–H and O–H groups in total. The summed E-state index contributed by atoms with van der Waals surface area (Å²) in [6.45, 7) is 3.65. The molecule has 0 radical (unpaired) electrons. The Bertz CT molecular complexity index is 651. The van der Waals surface area contributed by atoms with Crippen molar-refractivity contribution >= 4 is 17.9 Å². The van der Waals surface area contributed by atoms with Crippen molar-refractivity contribution in [2.24, 2.45) is 0 Å². The molecule has 0 spiro atoms. The predicted molar refractivity (Wildman–Crippen MR) is 98.2 cm³/mol. The Morgan fingerprint density at radius 2 is 1.19 bits per heavy atom. The van der Waals surface area contributed by atoms with Crippen LogP contribution in [0.2, 0.25) is 0 Å². The monoisotopic (exact) mass is 362 g/mol. The first-order valence-corrected chi connectivity index (χ1v) is 7.32. The highest BCUT2D eigenvalue weighted by molar-refractivity contribution is 5.90. The van der Waals surface area contributed by atoms with Crippen LogP contribution in [0.3, 0.4) is 0 Å². The van der Waals surface area contributed by atoms with Crippen molar-refractivity contribution in [3.8, 4) is 5.75 Å². The van der Waals surface area contributed by atoms with Gasteiger partial charge in [0, 0.05) is 12.2 Å². The summed E-state index contributed by atoms with van der Waals surface area (Å²) < 4.78 is 0. The lowest BCUT2D eigenvalue weighted by Crippen LogP contribution is -1.95. The fourth-order valence-electron chi connectivity index (χ4n) is 1.15. The lowest BCUT2D eigenvalue weighted by atomic mass is 10.2. The Morgan fingerprint density at radius 1 is 0.769 bits per heavy atom. The Kier molecular flexibility index (Phi) is 15.4. The molecule has 0 saturated carbocycles. The fraction of sp³-hybridized carbons (Fsp3) is 0.105. The van der Waals surface area contributed by atoms with Crippen molar-refractivity contribution < 1.29 is 34.8 Å². The van der Waals surface area contributed by atoms with E-state index in [9.17, 15) is 14.4 Å². The number of benzene rings is 1. The first-order chi connectivity index (χ1) is 12.3. The second-order valence-corrected chi connectivity index (χ2v) is 4.27. The molecule has 0 aliphatic heterocycles. The summed E-state index contributed by atoms with van der Waals surface area (Å²) in [6.07, 6.45) is 12.0. The molecule has 140 valence electrons. The molecular weight excluding hydrogens is 340 g/mol. The van der Waals surface area contributed by atoms with Crippen molar-refractivity contribution in [3.05, 3.63) is 78.4 Å². The zero-order valence-electron chi connectivity index (χ0n) is 14.4. The minimum Gasteiger partial charge on any atom is -0.507 e. The van der Waals surface area contributed by atoms with Gasteiger partial charge < -0.3 is 20.4 Å². The number of hydrogen-bond acceptors (Lipinski definition) is 4. The molecule has 0 atom stereocenters. The van der Waals surface area contributed by atoms with Crippen LogP contribution in [0.4, 0.5) is 0 Å². The summed E-state index contributed by atoms with van der Waals surface area (Å²) in [7, 11) is 0. The second-order valence-electron chi connectivity index (χ2n) is 4.27. The van der Waals surface area contributed by atoms with Gasteiger partial charge in [-0.05, 0) is 26.0 Å². The Hall–Kier alpha value is -3.61. The number of hydrogen-bond donors (Lipinski definition) is 4. The summed E-state index contributed by atoms with van der Waals surface area (Å²) in [6, 6.07) is 5.81. The predicted octanol–water partition coefficient (Wildman–Crippen LogP) is 3.50. The van der Waals surface area contributed by atoms with Gasteiger partial charge in [-0.15, -0.1) is 0 Å². The van der Waals surface area contributed by atoms with Gasteiger partial charge >= 0.3 is 17.9 Å². The molecule has 26 heavy (non-hydrogen) atoms. The van der Waals surface area contributed by atoms with E-state index >= 15 is 0 Å². The lowest BCUT2D eigenvalue weighted by Gasteiger charge is -1.95. The number of para-hydroxylation sites is 1. The number of aromatic hydroxyl groups is 1. The van der Waals surface area contributed by atoms with Crippen molar-refractivity contribution in [1.29, 1.82) is 0 Å². The molecule has 7 heteroatoms. The zero-order valence-corrected chi connectivity index (χ0v) is 14.4. The van der Waals surface area contributed by atoms with Crippen LogP contribution >= 0.6 is 0 Å². The molecule has 1 aromatic carbocycles. The SMILES string of the molecule is CC=CC=CC(=O)O.CC=CC=CC(=O)O.O=C(O)c1ccccc1O. The van der Waals surface area contributed by atoms with E-state index in [0.29, 0.717) is 0 Å². The van der Waals surface area contributed by atoms with Crippen LogP contribution in [0, 0.1) is 0 Å². The molecule has 0 bridgehead atoms. The van der Waals surface area contributed by atoms with Crippen LogP contribution in [0.1, 0.15) is 24.2 Å². The second kappa shape index (κ2) is 16.3. The molecule has 0 fully saturated rings. The van der Waals surface area contributed by atoms with Gasteiger partial charge in [0.1, 0.15) is 11.3 Å². The van der Waals surface area contributed by atoms with Gasteiger partial charge in [-0.2, -0.15) is 0 Å². The number of aromatic carboxylic acids is 1. The number of carboxylic acid groups (broad SMARTS) is 3. The Balaban J connectivity index is 0. The van der Waals surface area contributed by atoms with E-state index in [1.807, 2.05) is 13.8 Å². The first-order valence-electron chi connectivity index (χ1n) is 7.32. The van der Waals surface area contributed by atoms with E-state index in [2.05, 4.69) is 0 Å². The number of rotatable bonds is 5. The van der Waals surface area contributed by atoms with E-state index in [4.69, 9.17) is 20.4 Å². The largest absolute Gasteiger partial charge is 0.507 e. The molecule has 0 saturated heterocycles. The topological polar surface area (TPSA) is 132 Å². The van der Waals surface area contributed by atoms with Crippen molar-refractivity contribution in [1.82, 2.24) is 0 Å². The normalized spacial score (nSPS) is 10.4. The van der Waals surface area contributed by atoms with Crippen molar-refractivity contribution in [3.63, 3.8) is 0 Å². The maximum Gasteiger partial charge on any atom is 0.339 e. The highest BCUT2D eigenvalue weighted by Gasteiger charge is 2.05. The molecule has 0 heterocycles. The van der Waals surface area contributed by atoms with E-state index in [1.54, 1.807) is 36.4 Å². The van der Waals surface area contributed by atoms with Crippen LogP contribution in [0.15, 0.2) is 72.9 Å². The third kappa shape index (κ3) is 16.8. The van der Waals surface area contributed by atoms with Gasteiger partial charge in [-0.1, -0.05) is 48.6 Å². The molecule has 7 nitrogen and oxygen atoms in total. The van der Waals surface area contributed by atoms with Crippen LogP contribution in [0.5, 0.6) is 5.75 Å². The van der Waals surface area contributed by atoms with Crippen LogP contribution in [0.25, 0.3) is 0 Å². The molecule has 1 aromatic rings. The molecular formula is C19H22O7. The smallest absolute Gasteiger partial charge is 0.339 e. The third-order valence-corrected chi connectivity index (χ3v) is 2.22. The van der Waals surface area contributed by atoms with Gasteiger partial charge in [-0.3, -0.25) is 0 Å². The summed E-state index contributed by atoms with van der Waals surface area (Å²) in [4.78, 5) is 29.8. The van der Waals surface area contributed by atoms with Gasteiger partial charge in [0.15, 0.2) is 0 Å². The van der Waals surface area contributed by atoms with Gasteiger partial charge in [0.05, 0.1) is 0 Å². The number of phenols is 1. The van der Waals surface area contributed by atoms with Gasteiger partial charge in [-0.25, -0.2) is 14.4 Å². The minimum atomic E-state index is -1.11. The van der Waals surface area contributed by atoms with E-state index < -0.39 is 17.9 Å². The highest BCUT2D eigenvalue weighted by atomic mass is 16.4. The third-order valence-electron chi connectivity index (χ3n) is 2.22. The van der Waals surface area contributed by atoms with Crippen LogP contribution in [-0.4, -0.2) is 38.3 Å². The quantitative estimate of drug-likeness (QED) is 0.465. The minimum absolute atomic E-state index is 0.0671. The zero-order chi connectivity index (χ0) is 20.4. The van der Waals surface area contributed by atoms with Gasteiger partial charge in [0.25, 0.3) is 0 Å². The molecule has 0 unspecified atom stereocenters. The number of aliphatic carboxylic acids is 2. The molecule has 0 aromatic heterocycles. The lowest BCUT2D eigenvalue weighted by molar-refractivity contribution is -0.132. The maximum absolute atomic E-state index is 10.3. The molecule has 1 rings (SSSR count). The number of allylic oxidation sites excluding steroid dienone is 6. The molecule has 0 amide bonds. The van der Waals surface area contributed by atoms with Crippen molar-refractivity contribution in [2.45, 2.75) is 13.8 Å². The highest BCUT2D eigenvalue weighted by Crippen LogP contribution is 2.14. The first kappa shape index (κ1) is 24.6. The Morgan fingerprint density at radius 3 is 1.46 bits per heavy atom. The van der Waals surface area contributed by atoms with E-state index in [0.717, 1.165) is 12.2 Å². The number of carboxylic acids is 3. The van der Waals surface area contributed by atoms with Gasteiger partial charge in [0.2, 0.25) is 0 Å².